The molecule has 2 aromatic rings. The highest BCUT2D eigenvalue weighted by atomic mass is 19.1. The van der Waals surface area contributed by atoms with Crippen LogP contribution < -0.4 is 0 Å². The van der Waals surface area contributed by atoms with E-state index in [4.69, 9.17) is 5.11 Å². The molecule has 20 heavy (non-hydrogen) atoms. The van der Waals surface area contributed by atoms with Crippen molar-refractivity contribution in [1.29, 1.82) is 0 Å². The number of nitrogens with zero attached hydrogens (tertiary/aromatic N) is 1. The maximum absolute atomic E-state index is 13.6. The van der Waals surface area contributed by atoms with E-state index in [0.29, 0.717) is 0 Å². The van der Waals surface area contributed by atoms with E-state index in [-0.39, 0.29) is 11.3 Å². The lowest BCUT2D eigenvalue weighted by Crippen LogP contribution is -2.03. The summed E-state index contributed by atoms with van der Waals surface area (Å²) < 4.78 is 22.5. The smallest absolute Gasteiger partial charge is 0.374 e. The SMILES string of the molecule is COC(=O)c1cc(-c2cc(C(=O)O)on2)cc(F)c1O. The molecule has 2 N–H and O–H groups in total. The van der Waals surface area contributed by atoms with E-state index < -0.39 is 34.8 Å². The second kappa shape index (κ2) is 5.00. The highest BCUT2D eigenvalue weighted by molar-refractivity contribution is 5.94. The lowest BCUT2D eigenvalue weighted by atomic mass is 10.1. The van der Waals surface area contributed by atoms with Crippen molar-refractivity contribution in [3.8, 4) is 17.0 Å². The van der Waals surface area contributed by atoms with Gasteiger partial charge in [-0.3, -0.25) is 0 Å². The van der Waals surface area contributed by atoms with Crippen molar-refractivity contribution < 1.29 is 33.5 Å². The number of benzene rings is 1. The number of esters is 1. The van der Waals surface area contributed by atoms with E-state index in [9.17, 15) is 19.1 Å². The van der Waals surface area contributed by atoms with Gasteiger partial charge < -0.3 is 19.5 Å². The minimum atomic E-state index is -1.34. The summed E-state index contributed by atoms with van der Waals surface area (Å²) in [6.45, 7) is 0. The number of aromatic hydroxyl groups is 1. The Labute approximate surface area is 111 Å². The number of phenols is 1. The third-order valence-electron chi connectivity index (χ3n) is 2.49. The molecule has 0 radical (unpaired) electrons. The third-order valence-corrected chi connectivity index (χ3v) is 2.49. The Morgan fingerprint density at radius 3 is 2.60 bits per heavy atom. The highest BCUT2D eigenvalue weighted by Gasteiger charge is 2.20. The topological polar surface area (TPSA) is 110 Å². The molecule has 0 saturated carbocycles. The van der Waals surface area contributed by atoms with Crippen LogP contribution in [0.5, 0.6) is 5.75 Å². The Kier molecular flexibility index (Phi) is 3.38. The first-order chi connectivity index (χ1) is 9.43. The maximum atomic E-state index is 13.6. The predicted molar refractivity (Wildman–Crippen MR) is 61.9 cm³/mol. The van der Waals surface area contributed by atoms with Crippen LogP contribution in [0.15, 0.2) is 22.7 Å². The largest absolute Gasteiger partial charge is 0.504 e. The van der Waals surface area contributed by atoms with Crippen molar-refractivity contribution in [2.75, 3.05) is 7.11 Å². The number of rotatable bonds is 3. The van der Waals surface area contributed by atoms with Crippen LogP contribution in [-0.4, -0.2) is 34.4 Å². The minimum absolute atomic E-state index is 0.00598. The van der Waals surface area contributed by atoms with Crippen LogP contribution in [0.1, 0.15) is 20.9 Å². The third kappa shape index (κ3) is 2.30. The zero-order valence-corrected chi connectivity index (χ0v) is 10.1. The van der Waals surface area contributed by atoms with E-state index in [1.807, 2.05) is 0 Å². The molecule has 0 bridgehead atoms. The fourth-order valence-corrected chi connectivity index (χ4v) is 1.52. The molecule has 0 amide bonds. The molecule has 0 spiro atoms. The molecule has 8 heteroatoms. The molecule has 7 nitrogen and oxygen atoms in total. The van der Waals surface area contributed by atoms with Crippen molar-refractivity contribution >= 4 is 11.9 Å². The first-order valence-electron chi connectivity index (χ1n) is 5.25. The number of carbonyl (C=O) groups excluding carboxylic acids is 1. The summed E-state index contributed by atoms with van der Waals surface area (Å²) in [5.41, 5.74) is -0.328. The van der Waals surface area contributed by atoms with Gasteiger partial charge in [0.05, 0.1) is 7.11 Å². The van der Waals surface area contributed by atoms with E-state index in [0.717, 1.165) is 25.3 Å². The van der Waals surface area contributed by atoms with Crippen molar-refractivity contribution in [2.45, 2.75) is 0 Å². The maximum Gasteiger partial charge on any atom is 0.374 e. The molecule has 0 saturated heterocycles. The van der Waals surface area contributed by atoms with Gasteiger partial charge in [-0.25, -0.2) is 14.0 Å². The van der Waals surface area contributed by atoms with Crippen LogP contribution in [0.3, 0.4) is 0 Å². The number of halogens is 1. The van der Waals surface area contributed by atoms with Gasteiger partial charge in [0.25, 0.3) is 0 Å². The zero-order valence-electron chi connectivity index (χ0n) is 10.1. The van der Waals surface area contributed by atoms with Crippen molar-refractivity contribution in [1.82, 2.24) is 5.16 Å². The zero-order chi connectivity index (χ0) is 14.9. The Morgan fingerprint density at radius 1 is 1.35 bits per heavy atom. The summed E-state index contributed by atoms with van der Waals surface area (Å²) >= 11 is 0. The molecular weight excluding hydrogens is 273 g/mol. The summed E-state index contributed by atoms with van der Waals surface area (Å²) in [7, 11) is 1.07. The molecule has 0 aliphatic carbocycles. The van der Waals surface area contributed by atoms with E-state index in [1.54, 1.807) is 0 Å². The van der Waals surface area contributed by atoms with Gasteiger partial charge in [-0.05, 0) is 12.1 Å². The molecule has 0 fully saturated rings. The minimum Gasteiger partial charge on any atom is -0.504 e. The Bertz CT molecular complexity index is 693. The normalized spacial score (nSPS) is 10.3. The number of carboxylic acids is 1. The van der Waals surface area contributed by atoms with Crippen molar-refractivity contribution in [3.63, 3.8) is 0 Å². The van der Waals surface area contributed by atoms with Gasteiger partial charge in [0.1, 0.15) is 11.3 Å². The average Bonchev–Trinajstić information content (AvgIpc) is 2.90. The predicted octanol–water partition coefficient (Wildman–Crippen LogP) is 1.67. The summed E-state index contributed by atoms with van der Waals surface area (Å²) in [6, 6.07) is 3.08. The quantitative estimate of drug-likeness (QED) is 0.823. The molecule has 104 valence electrons. The highest BCUT2D eigenvalue weighted by Crippen LogP contribution is 2.29. The Morgan fingerprint density at radius 2 is 2.05 bits per heavy atom. The Hall–Kier alpha value is -2.90. The molecule has 0 aliphatic rings. The number of hydrogen-bond acceptors (Lipinski definition) is 6. The average molecular weight is 281 g/mol. The Balaban J connectivity index is 2.54. The number of carboxylic acid groups (broad SMARTS) is 1. The number of aromatic carboxylic acids is 1. The molecular formula is C12H8FNO6. The van der Waals surface area contributed by atoms with Crippen LogP contribution in [0.4, 0.5) is 4.39 Å². The number of methoxy groups -OCH3 is 1. The van der Waals surface area contributed by atoms with E-state index in [1.165, 1.54) is 0 Å². The first-order valence-corrected chi connectivity index (χ1v) is 5.25. The van der Waals surface area contributed by atoms with Crippen LogP contribution >= 0.6 is 0 Å². The van der Waals surface area contributed by atoms with Crippen LogP contribution in [0, 0.1) is 5.82 Å². The molecule has 1 aromatic carbocycles. The molecule has 0 atom stereocenters. The van der Waals surface area contributed by atoms with Gasteiger partial charge >= 0.3 is 11.9 Å². The number of ether oxygens (including phenoxy) is 1. The van der Waals surface area contributed by atoms with E-state index >= 15 is 0 Å². The van der Waals surface area contributed by atoms with Gasteiger partial charge in [0.2, 0.25) is 5.76 Å². The standard InChI is InChI=1S/C12H8FNO6/c1-19-12(18)6-2-5(3-7(13)10(6)15)8-4-9(11(16)17)20-14-8/h2-4,15H,1H3,(H,16,17). The molecule has 1 aromatic heterocycles. The molecule has 1 heterocycles. The fraction of sp³-hybridized carbons (Fsp3) is 0.0833. The second-order valence-corrected chi connectivity index (χ2v) is 3.73. The molecule has 2 rings (SSSR count). The summed E-state index contributed by atoms with van der Waals surface area (Å²) in [5.74, 6) is -4.64. The van der Waals surface area contributed by atoms with Gasteiger partial charge in [0.15, 0.2) is 11.6 Å². The summed E-state index contributed by atoms with van der Waals surface area (Å²) in [4.78, 5) is 22.1. The van der Waals surface area contributed by atoms with Crippen LogP contribution in [-0.2, 0) is 4.74 Å². The molecule has 0 unspecified atom stereocenters. The first kappa shape index (κ1) is 13.5. The van der Waals surface area contributed by atoms with Crippen LogP contribution in [0.2, 0.25) is 0 Å². The lowest BCUT2D eigenvalue weighted by molar-refractivity contribution is 0.0595. The van der Waals surface area contributed by atoms with Crippen molar-refractivity contribution in [3.05, 3.63) is 35.3 Å². The van der Waals surface area contributed by atoms with Gasteiger partial charge in [-0.15, -0.1) is 0 Å². The van der Waals surface area contributed by atoms with Crippen LogP contribution in [0.25, 0.3) is 11.3 Å². The van der Waals surface area contributed by atoms with Gasteiger partial charge in [0, 0.05) is 11.6 Å². The number of phenolic OH excluding ortho intramolecular Hbond substituents is 1. The van der Waals surface area contributed by atoms with E-state index in [2.05, 4.69) is 14.4 Å². The van der Waals surface area contributed by atoms with Crippen molar-refractivity contribution in [2.24, 2.45) is 0 Å². The summed E-state index contributed by atoms with van der Waals surface area (Å²) in [6.07, 6.45) is 0. The monoisotopic (exact) mass is 281 g/mol. The number of carbonyl (C=O) groups is 2. The number of hydrogen-bond donors (Lipinski definition) is 2. The van der Waals surface area contributed by atoms with Gasteiger partial charge in [-0.2, -0.15) is 0 Å². The summed E-state index contributed by atoms with van der Waals surface area (Å²) in [5, 5.41) is 21.6. The van der Waals surface area contributed by atoms with Gasteiger partial charge in [-0.1, -0.05) is 5.16 Å². The fourth-order valence-electron chi connectivity index (χ4n) is 1.52. The lowest BCUT2D eigenvalue weighted by Gasteiger charge is -2.05. The number of aromatic nitrogens is 1. The molecule has 0 aliphatic heterocycles. The second-order valence-electron chi connectivity index (χ2n) is 3.73.